The third-order valence-corrected chi connectivity index (χ3v) is 3.95. The van der Waals surface area contributed by atoms with E-state index < -0.39 is 17.5 Å². The molecule has 1 aliphatic heterocycles. The topological polar surface area (TPSA) is 61.4 Å². The number of urea groups is 1. The Balaban J connectivity index is 1.67. The van der Waals surface area contributed by atoms with Crippen molar-refractivity contribution < 1.29 is 18.4 Å². The van der Waals surface area contributed by atoms with Crippen molar-refractivity contribution in [1.29, 1.82) is 0 Å². The smallest absolute Gasteiger partial charge is 0.321 e. The van der Waals surface area contributed by atoms with Gasteiger partial charge in [0, 0.05) is 30.0 Å². The molecule has 25 heavy (non-hydrogen) atoms. The van der Waals surface area contributed by atoms with Crippen molar-refractivity contribution in [2.24, 2.45) is 0 Å². The van der Waals surface area contributed by atoms with Crippen molar-refractivity contribution >= 4 is 23.3 Å². The highest BCUT2D eigenvalue weighted by Gasteiger charge is 2.18. The Labute approximate surface area is 143 Å². The lowest BCUT2D eigenvalue weighted by Crippen LogP contribution is -2.32. The second-order valence-electron chi connectivity index (χ2n) is 5.79. The van der Waals surface area contributed by atoms with Gasteiger partial charge in [0.15, 0.2) is 11.6 Å². The predicted octanol–water partition coefficient (Wildman–Crippen LogP) is 3.84. The molecular formula is C18H17F2N3O2. The van der Waals surface area contributed by atoms with Crippen LogP contribution in [-0.2, 0) is 0 Å². The highest BCUT2D eigenvalue weighted by Crippen LogP contribution is 2.18. The highest BCUT2D eigenvalue weighted by atomic mass is 19.2. The molecule has 2 aromatic carbocycles. The minimum atomic E-state index is -1.08. The predicted molar refractivity (Wildman–Crippen MR) is 90.6 cm³/mol. The van der Waals surface area contributed by atoms with Crippen LogP contribution in [-0.4, -0.2) is 29.9 Å². The molecule has 0 aliphatic carbocycles. The number of amides is 3. The lowest BCUT2D eigenvalue weighted by molar-refractivity contribution is 0.102. The maximum absolute atomic E-state index is 13.2. The van der Waals surface area contributed by atoms with Crippen molar-refractivity contribution in [3.63, 3.8) is 0 Å². The molecule has 2 N–H and O–H groups in total. The van der Waals surface area contributed by atoms with Crippen LogP contribution in [0.5, 0.6) is 0 Å². The first-order chi connectivity index (χ1) is 12.0. The molecule has 0 bridgehead atoms. The zero-order valence-electron chi connectivity index (χ0n) is 13.4. The fourth-order valence-electron chi connectivity index (χ4n) is 2.64. The van der Waals surface area contributed by atoms with Crippen molar-refractivity contribution in [3.8, 4) is 0 Å². The van der Waals surface area contributed by atoms with Gasteiger partial charge >= 0.3 is 6.03 Å². The Morgan fingerprint density at radius 3 is 2.24 bits per heavy atom. The van der Waals surface area contributed by atoms with Crippen LogP contribution in [0.3, 0.4) is 0 Å². The minimum absolute atomic E-state index is 0.00500. The largest absolute Gasteiger partial charge is 0.325 e. The summed E-state index contributed by atoms with van der Waals surface area (Å²) in [5, 5.41) is 5.38. The SMILES string of the molecule is O=C(Nc1cccc(NC(=O)N2CCCC2)c1)c1ccc(F)c(F)c1. The van der Waals surface area contributed by atoms with E-state index in [1.807, 2.05) is 0 Å². The Hall–Kier alpha value is -2.96. The fraction of sp³-hybridized carbons (Fsp3) is 0.222. The number of anilines is 2. The van der Waals surface area contributed by atoms with Gasteiger partial charge in [-0.25, -0.2) is 13.6 Å². The summed E-state index contributed by atoms with van der Waals surface area (Å²) in [5.74, 6) is -2.66. The third kappa shape index (κ3) is 4.12. The van der Waals surface area contributed by atoms with Gasteiger partial charge in [0.05, 0.1) is 0 Å². The van der Waals surface area contributed by atoms with Gasteiger partial charge < -0.3 is 15.5 Å². The number of benzene rings is 2. The molecule has 0 spiro atoms. The van der Waals surface area contributed by atoms with E-state index in [0.717, 1.165) is 38.1 Å². The average molecular weight is 345 g/mol. The van der Waals surface area contributed by atoms with Crippen LogP contribution >= 0.6 is 0 Å². The number of halogens is 2. The molecule has 0 radical (unpaired) electrons. The number of carbonyl (C=O) groups is 2. The van der Waals surface area contributed by atoms with Gasteiger partial charge in [0.2, 0.25) is 0 Å². The molecule has 5 nitrogen and oxygen atoms in total. The summed E-state index contributed by atoms with van der Waals surface area (Å²) in [4.78, 5) is 25.9. The summed E-state index contributed by atoms with van der Waals surface area (Å²) < 4.78 is 26.2. The summed E-state index contributed by atoms with van der Waals surface area (Å²) in [7, 11) is 0. The minimum Gasteiger partial charge on any atom is -0.325 e. The Morgan fingerprint density at radius 1 is 0.880 bits per heavy atom. The lowest BCUT2D eigenvalue weighted by atomic mass is 10.2. The van der Waals surface area contributed by atoms with Crippen LogP contribution < -0.4 is 10.6 Å². The zero-order chi connectivity index (χ0) is 17.8. The van der Waals surface area contributed by atoms with Crippen LogP contribution in [0.15, 0.2) is 42.5 Å². The number of likely N-dealkylation sites (tertiary alicyclic amines) is 1. The normalized spacial score (nSPS) is 13.6. The molecule has 1 aliphatic rings. The van der Waals surface area contributed by atoms with Crippen LogP contribution in [0, 0.1) is 11.6 Å². The molecule has 3 rings (SSSR count). The van der Waals surface area contributed by atoms with Gasteiger partial charge in [0.1, 0.15) is 0 Å². The van der Waals surface area contributed by atoms with Crippen LogP contribution in [0.2, 0.25) is 0 Å². The van der Waals surface area contributed by atoms with Gasteiger partial charge in [-0.3, -0.25) is 4.79 Å². The highest BCUT2D eigenvalue weighted by molar-refractivity contribution is 6.04. The molecule has 7 heteroatoms. The second-order valence-corrected chi connectivity index (χ2v) is 5.79. The maximum Gasteiger partial charge on any atom is 0.321 e. The van der Waals surface area contributed by atoms with Gasteiger partial charge in [-0.05, 0) is 49.2 Å². The van der Waals surface area contributed by atoms with E-state index in [9.17, 15) is 18.4 Å². The molecule has 2 aromatic rings. The van der Waals surface area contributed by atoms with Gasteiger partial charge in [-0.1, -0.05) is 6.07 Å². The van der Waals surface area contributed by atoms with E-state index in [0.29, 0.717) is 11.4 Å². The van der Waals surface area contributed by atoms with E-state index >= 15 is 0 Å². The second kappa shape index (κ2) is 7.29. The quantitative estimate of drug-likeness (QED) is 0.888. The third-order valence-electron chi connectivity index (χ3n) is 3.95. The van der Waals surface area contributed by atoms with Crippen LogP contribution in [0.1, 0.15) is 23.2 Å². The molecule has 1 saturated heterocycles. The Morgan fingerprint density at radius 2 is 1.56 bits per heavy atom. The van der Waals surface area contributed by atoms with E-state index in [2.05, 4.69) is 10.6 Å². The fourth-order valence-corrected chi connectivity index (χ4v) is 2.64. The number of nitrogens with one attached hydrogen (secondary N) is 2. The molecule has 0 atom stereocenters. The molecule has 0 unspecified atom stereocenters. The number of carbonyl (C=O) groups excluding carboxylic acids is 2. The van der Waals surface area contributed by atoms with E-state index in [-0.39, 0.29) is 11.6 Å². The van der Waals surface area contributed by atoms with E-state index in [1.54, 1.807) is 29.2 Å². The van der Waals surface area contributed by atoms with E-state index in [1.165, 1.54) is 6.07 Å². The summed E-state index contributed by atoms with van der Waals surface area (Å²) in [6, 6.07) is 9.39. The maximum atomic E-state index is 13.2. The van der Waals surface area contributed by atoms with E-state index in [4.69, 9.17) is 0 Å². The van der Waals surface area contributed by atoms with Gasteiger partial charge in [-0.2, -0.15) is 0 Å². The first-order valence-corrected chi connectivity index (χ1v) is 7.95. The average Bonchev–Trinajstić information content (AvgIpc) is 3.12. The monoisotopic (exact) mass is 345 g/mol. The van der Waals surface area contributed by atoms with Gasteiger partial charge in [0.25, 0.3) is 5.91 Å². The van der Waals surface area contributed by atoms with Crippen molar-refractivity contribution in [3.05, 3.63) is 59.7 Å². The standard InChI is InChI=1S/C18H17F2N3O2/c19-15-7-6-12(10-16(15)20)17(24)21-13-4-3-5-14(11-13)22-18(25)23-8-1-2-9-23/h3-7,10-11H,1-2,8-9H2,(H,21,24)(H,22,25). The molecule has 1 heterocycles. The van der Waals surface area contributed by atoms with Crippen molar-refractivity contribution in [2.45, 2.75) is 12.8 Å². The Bertz CT molecular complexity index is 805. The molecular weight excluding hydrogens is 328 g/mol. The molecule has 0 aromatic heterocycles. The molecule has 3 amide bonds. The summed E-state index contributed by atoms with van der Waals surface area (Å²) in [6.07, 6.45) is 2.00. The molecule has 0 saturated carbocycles. The van der Waals surface area contributed by atoms with Gasteiger partial charge in [-0.15, -0.1) is 0 Å². The first kappa shape index (κ1) is 16.9. The van der Waals surface area contributed by atoms with Crippen molar-refractivity contribution in [1.82, 2.24) is 4.90 Å². The summed E-state index contributed by atoms with van der Waals surface area (Å²) in [6.45, 7) is 1.47. The van der Waals surface area contributed by atoms with Crippen molar-refractivity contribution in [2.75, 3.05) is 23.7 Å². The summed E-state index contributed by atoms with van der Waals surface area (Å²) >= 11 is 0. The lowest BCUT2D eigenvalue weighted by Gasteiger charge is -2.16. The molecule has 1 fully saturated rings. The Kier molecular flexibility index (Phi) is 4.92. The number of hydrogen-bond donors (Lipinski definition) is 2. The summed E-state index contributed by atoms with van der Waals surface area (Å²) in [5.41, 5.74) is 0.986. The van der Waals surface area contributed by atoms with Crippen LogP contribution in [0.4, 0.5) is 25.0 Å². The van der Waals surface area contributed by atoms with Crippen LogP contribution in [0.25, 0.3) is 0 Å². The zero-order valence-corrected chi connectivity index (χ0v) is 13.4. The molecule has 130 valence electrons. The first-order valence-electron chi connectivity index (χ1n) is 7.95. The number of nitrogens with zero attached hydrogens (tertiary/aromatic N) is 1. The number of hydrogen-bond acceptors (Lipinski definition) is 2. The number of rotatable bonds is 3.